The summed E-state index contributed by atoms with van der Waals surface area (Å²) in [5, 5.41) is 12.3. The second-order valence-electron chi connectivity index (χ2n) is 6.51. The molecule has 0 aromatic carbocycles. The minimum Gasteiger partial charge on any atom is -0.467 e. The lowest BCUT2D eigenvalue weighted by Gasteiger charge is -2.13. The second-order valence-corrected chi connectivity index (χ2v) is 8.67. The standard InChI is InChI=1S/C18H17Cl2N5O2S/c1-10(17(26)22-15-14(20)7-12(19)8-21-15)28-18-24-23-16(11-4-5-11)25(18)9-13-3-2-6-27-13/h2-3,6-8,10-11H,4-5,9H2,1H3,(H,21,22,26)/t10-/m1/s1. The first-order valence-corrected chi connectivity index (χ1v) is 10.4. The van der Waals surface area contributed by atoms with Crippen LogP contribution in [0.15, 0.2) is 40.2 Å². The monoisotopic (exact) mass is 437 g/mol. The fraction of sp³-hybridized carbons (Fsp3) is 0.333. The van der Waals surface area contributed by atoms with E-state index in [0.29, 0.717) is 22.6 Å². The fourth-order valence-corrected chi connectivity index (χ4v) is 3.96. The van der Waals surface area contributed by atoms with Gasteiger partial charge in [-0.2, -0.15) is 0 Å². The van der Waals surface area contributed by atoms with Gasteiger partial charge in [0.2, 0.25) is 5.91 Å². The number of hydrogen-bond acceptors (Lipinski definition) is 6. The summed E-state index contributed by atoms with van der Waals surface area (Å²) < 4.78 is 7.50. The number of halogens is 2. The summed E-state index contributed by atoms with van der Waals surface area (Å²) in [6.45, 7) is 2.33. The highest BCUT2D eigenvalue weighted by atomic mass is 35.5. The quantitative estimate of drug-likeness (QED) is 0.542. The van der Waals surface area contributed by atoms with E-state index >= 15 is 0 Å². The molecule has 1 N–H and O–H groups in total. The van der Waals surface area contributed by atoms with Crippen LogP contribution in [0, 0.1) is 0 Å². The highest BCUT2D eigenvalue weighted by Crippen LogP contribution is 2.40. The van der Waals surface area contributed by atoms with Gasteiger partial charge in [0.1, 0.15) is 11.6 Å². The van der Waals surface area contributed by atoms with Gasteiger partial charge in [0.25, 0.3) is 0 Å². The summed E-state index contributed by atoms with van der Waals surface area (Å²) in [5.41, 5.74) is 0. The molecule has 1 saturated carbocycles. The number of furan rings is 1. The highest BCUT2D eigenvalue weighted by Gasteiger charge is 2.31. The van der Waals surface area contributed by atoms with Crippen molar-refractivity contribution in [1.29, 1.82) is 0 Å². The lowest BCUT2D eigenvalue weighted by Crippen LogP contribution is -2.23. The van der Waals surface area contributed by atoms with Crippen molar-refractivity contribution in [2.24, 2.45) is 0 Å². The van der Waals surface area contributed by atoms with Gasteiger partial charge >= 0.3 is 0 Å². The smallest absolute Gasteiger partial charge is 0.238 e. The molecule has 146 valence electrons. The molecule has 0 unspecified atom stereocenters. The van der Waals surface area contributed by atoms with Crippen LogP contribution in [0.3, 0.4) is 0 Å². The van der Waals surface area contributed by atoms with E-state index in [4.69, 9.17) is 27.6 Å². The Morgan fingerprint density at radius 1 is 1.43 bits per heavy atom. The number of pyridine rings is 1. The molecule has 0 spiro atoms. The molecule has 3 aromatic heterocycles. The van der Waals surface area contributed by atoms with E-state index in [2.05, 4.69) is 20.5 Å². The van der Waals surface area contributed by atoms with Crippen molar-refractivity contribution >= 4 is 46.7 Å². The second kappa shape index (κ2) is 8.14. The van der Waals surface area contributed by atoms with E-state index in [0.717, 1.165) is 24.4 Å². The first-order valence-electron chi connectivity index (χ1n) is 8.75. The van der Waals surface area contributed by atoms with Crippen LogP contribution in [0.1, 0.15) is 37.3 Å². The van der Waals surface area contributed by atoms with Crippen LogP contribution in [0.25, 0.3) is 0 Å². The molecule has 28 heavy (non-hydrogen) atoms. The molecule has 1 fully saturated rings. The van der Waals surface area contributed by atoms with E-state index < -0.39 is 5.25 Å². The molecule has 0 radical (unpaired) electrons. The number of hydrogen-bond donors (Lipinski definition) is 1. The zero-order valence-corrected chi connectivity index (χ0v) is 17.3. The summed E-state index contributed by atoms with van der Waals surface area (Å²) in [4.78, 5) is 16.7. The summed E-state index contributed by atoms with van der Waals surface area (Å²) in [6.07, 6.45) is 5.29. The molecule has 1 atom stereocenters. The maximum Gasteiger partial charge on any atom is 0.238 e. The number of carbonyl (C=O) groups is 1. The average molecular weight is 438 g/mol. The zero-order chi connectivity index (χ0) is 19.7. The maximum absolute atomic E-state index is 12.6. The van der Waals surface area contributed by atoms with E-state index in [1.54, 1.807) is 13.2 Å². The Morgan fingerprint density at radius 2 is 2.25 bits per heavy atom. The minimum absolute atomic E-state index is 0.234. The van der Waals surface area contributed by atoms with E-state index in [1.807, 2.05) is 16.7 Å². The summed E-state index contributed by atoms with van der Waals surface area (Å²) in [7, 11) is 0. The lowest BCUT2D eigenvalue weighted by molar-refractivity contribution is -0.115. The number of thioether (sulfide) groups is 1. The van der Waals surface area contributed by atoms with Crippen molar-refractivity contribution in [3.63, 3.8) is 0 Å². The highest BCUT2D eigenvalue weighted by molar-refractivity contribution is 8.00. The van der Waals surface area contributed by atoms with Crippen molar-refractivity contribution in [1.82, 2.24) is 19.7 Å². The third-order valence-electron chi connectivity index (χ3n) is 4.28. The Hall–Kier alpha value is -2.03. The van der Waals surface area contributed by atoms with Crippen LogP contribution in [-0.4, -0.2) is 30.9 Å². The molecule has 0 saturated heterocycles. The van der Waals surface area contributed by atoms with Gasteiger partial charge in [0, 0.05) is 12.1 Å². The molecule has 0 aliphatic heterocycles. The van der Waals surface area contributed by atoms with E-state index in [9.17, 15) is 4.79 Å². The Balaban J connectivity index is 1.49. The van der Waals surface area contributed by atoms with Gasteiger partial charge in [-0.05, 0) is 38.0 Å². The summed E-state index contributed by atoms with van der Waals surface area (Å²) in [6, 6.07) is 5.29. The van der Waals surface area contributed by atoms with Crippen LogP contribution < -0.4 is 5.32 Å². The average Bonchev–Trinajstić information content (AvgIpc) is 3.23. The number of nitrogens with one attached hydrogen (secondary N) is 1. The fourth-order valence-electron chi connectivity index (χ4n) is 2.67. The van der Waals surface area contributed by atoms with Gasteiger partial charge in [-0.3, -0.25) is 9.36 Å². The number of nitrogens with zero attached hydrogens (tertiary/aromatic N) is 4. The van der Waals surface area contributed by atoms with E-state index in [1.165, 1.54) is 24.0 Å². The Kier molecular flexibility index (Phi) is 5.61. The molecule has 3 aromatic rings. The lowest BCUT2D eigenvalue weighted by atomic mass is 10.3. The van der Waals surface area contributed by atoms with Crippen molar-refractivity contribution < 1.29 is 9.21 Å². The third-order valence-corrected chi connectivity index (χ3v) is 5.86. The predicted octanol–water partition coefficient (Wildman–Crippen LogP) is 4.62. The maximum atomic E-state index is 12.6. The molecule has 1 aliphatic rings. The Morgan fingerprint density at radius 3 is 2.93 bits per heavy atom. The van der Waals surface area contributed by atoms with Gasteiger partial charge in [-0.15, -0.1) is 10.2 Å². The molecular weight excluding hydrogens is 421 g/mol. The van der Waals surface area contributed by atoms with Crippen LogP contribution in [-0.2, 0) is 11.3 Å². The number of amides is 1. The first-order chi connectivity index (χ1) is 13.5. The van der Waals surface area contributed by atoms with Crippen molar-refractivity contribution in [3.05, 3.63) is 52.3 Å². The normalized spacial score (nSPS) is 14.8. The van der Waals surface area contributed by atoms with Crippen molar-refractivity contribution in [2.45, 2.75) is 42.6 Å². The van der Waals surface area contributed by atoms with Gasteiger partial charge in [0.05, 0.1) is 28.1 Å². The van der Waals surface area contributed by atoms with Crippen molar-refractivity contribution in [3.8, 4) is 0 Å². The van der Waals surface area contributed by atoms with Gasteiger partial charge in [-0.1, -0.05) is 35.0 Å². The number of carbonyl (C=O) groups excluding carboxylic acids is 1. The molecular formula is C18H17Cl2N5O2S. The molecule has 7 nitrogen and oxygen atoms in total. The number of anilines is 1. The predicted molar refractivity (Wildman–Crippen MR) is 108 cm³/mol. The molecule has 3 heterocycles. The zero-order valence-electron chi connectivity index (χ0n) is 14.9. The topological polar surface area (TPSA) is 85.8 Å². The molecule has 1 amide bonds. The summed E-state index contributed by atoms with van der Waals surface area (Å²) in [5.74, 6) is 2.23. The Bertz CT molecular complexity index is 988. The number of rotatable bonds is 7. The van der Waals surface area contributed by atoms with Crippen LogP contribution in [0.4, 0.5) is 5.82 Å². The minimum atomic E-state index is -0.430. The van der Waals surface area contributed by atoms with Crippen LogP contribution >= 0.6 is 35.0 Å². The van der Waals surface area contributed by atoms with Crippen LogP contribution in [0.2, 0.25) is 10.0 Å². The summed E-state index contributed by atoms with van der Waals surface area (Å²) >= 11 is 13.3. The SMILES string of the molecule is C[C@@H](Sc1nnc(C2CC2)n1Cc1ccco1)C(=O)Nc1ncc(Cl)cc1Cl. The Labute approximate surface area is 175 Å². The first kappa shape index (κ1) is 19.3. The van der Waals surface area contributed by atoms with E-state index in [-0.39, 0.29) is 16.7 Å². The molecule has 1 aliphatic carbocycles. The molecule has 10 heteroatoms. The molecule has 0 bridgehead atoms. The van der Waals surface area contributed by atoms with Gasteiger partial charge < -0.3 is 9.73 Å². The molecule has 4 rings (SSSR count). The third kappa shape index (κ3) is 4.34. The van der Waals surface area contributed by atoms with Gasteiger partial charge in [0.15, 0.2) is 11.0 Å². The van der Waals surface area contributed by atoms with Gasteiger partial charge in [-0.25, -0.2) is 4.98 Å². The largest absolute Gasteiger partial charge is 0.467 e. The van der Waals surface area contributed by atoms with Crippen LogP contribution in [0.5, 0.6) is 0 Å². The van der Waals surface area contributed by atoms with Crippen molar-refractivity contribution in [2.75, 3.05) is 5.32 Å². The number of aromatic nitrogens is 4.